The van der Waals surface area contributed by atoms with Crippen molar-refractivity contribution in [1.82, 2.24) is 0 Å². The molecule has 0 radical (unpaired) electrons. The summed E-state index contributed by atoms with van der Waals surface area (Å²) < 4.78 is 0. The molecule has 4 fully saturated rings. The Morgan fingerprint density at radius 1 is 0.509 bits per heavy atom. The van der Waals surface area contributed by atoms with Crippen LogP contribution >= 0.6 is 0 Å². The van der Waals surface area contributed by atoms with Gasteiger partial charge in [0.15, 0.2) is 0 Å². The van der Waals surface area contributed by atoms with Gasteiger partial charge in [0.2, 0.25) is 0 Å². The minimum absolute atomic E-state index is 0.105. The van der Waals surface area contributed by atoms with Crippen molar-refractivity contribution in [3.8, 4) is 22.3 Å². The molecule has 4 saturated carbocycles. The molecule has 1 nitrogen and oxygen atoms in total. The molecule has 4 bridgehead atoms. The highest BCUT2D eigenvalue weighted by Crippen LogP contribution is 2.69. The van der Waals surface area contributed by atoms with Crippen LogP contribution in [0.1, 0.15) is 121 Å². The number of fused-ring (bicyclic) bond motifs is 4. The molecule has 1 heteroatoms. The SMILES string of the molecule is CC(C)(C)c1ccc(N(c2ccc(-c3cccc4c3C(C)(C)CCC4(C)C)cc2)c2ccc3c(c2)C2(c4ccccc4-3)C3CC4CC(C3)CC2C4)cc1. The molecule has 5 aromatic rings. The Morgan fingerprint density at radius 2 is 1.06 bits per heavy atom. The number of benzene rings is 5. The van der Waals surface area contributed by atoms with E-state index in [1.165, 1.54) is 101 Å². The molecule has 0 heterocycles. The molecular formula is C52H57N. The van der Waals surface area contributed by atoms with E-state index in [1.807, 2.05) is 0 Å². The highest BCUT2D eigenvalue weighted by molar-refractivity contribution is 5.87. The second kappa shape index (κ2) is 11.5. The smallest absolute Gasteiger partial charge is 0.0465 e. The highest BCUT2D eigenvalue weighted by atomic mass is 15.1. The number of anilines is 3. The molecule has 0 saturated heterocycles. The lowest BCUT2D eigenvalue weighted by Crippen LogP contribution is -2.55. The van der Waals surface area contributed by atoms with E-state index in [4.69, 9.17) is 0 Å². The molecular weight excluding hydrogens is 639 g/mol. The van der Waals surface area contributed by atoms with Crippen LogP contribution in [0.2, 0.25) is 0 Å². The fraction of sp³-hybridized carbons (Fsp3) is 0.423. The van der Waals surface area contributed by atoms with E-state index in [-0.39, 0.29) is 21.7 Å². The van der Waals surface area contributed by atoms with Gasteiger partial charge < -0.3 is 4.90 Å². The zero-order valence-electron chi connectivity index (χ0n) is 33.1. The third-order valence-electron chi connectivity index (χ3n) is 15.1. The van der Waals surface area contributed by atoms with Gasteiger partial charge in [0, 0.05) is 22.5 Å². The van der Waals surface area contributed by atoms with E-state index in [1.54, 1.807) is 11.1 Å². The van der Waals surface area contributed by atoms with Gasteiger partial charge in [-0.3, -0.25) is 0 Å². The van der Waals surface area contributed by atoms with Crippen molar-refractivity contribution in [2.45, 2.75) is 115 Å². The van der Waals surface area contributed by atoms with E-state index >= 15 is 0 Å². The Hall–Kier alpha value is -4.10. The summed E-state index contributed by atoms with van der Waals surface area (Å²) in [6.07, 6.45) is 9.54. The molecule has 0 aromatic heterocycles. The van der Waals surface area contributed by atoms with Crippen LogP contribution in [0.5, 0.6) is 0 Å². The lowest BCUT2D eigenvalue weighted by Gasteiger charge is -2.61. The van der Waals surface area contributed by atoms with Crippen LogP contribution in [-0.4, -0.2) is 0 Å². The van der Waals surface area contributed by atoms with Gasteiger partial charge >= 0.3 is 0 Å². The summed E-state index contributed by atoms with van der Waals surface area (Å²) in [6, 6.07) is 43.0. The lowest BCUT2D eigenvalue weighted by atomic mass is 9.43. The quantitative estimate of drug-likeness (QED) is 0.181. The molecule has 6 aliphatic rings. The first kappa shape index (κ1) is 33.5. The molecule has 270 valence electrons. The number of rotatable bonds is 4. The van der Waals surface area contributed by atoms with Gasteiger partial charge in [-0.1, -0.05) is 121 Å². The predicted octanol–water partition coefficient (Wildman–Crippen LogP) is 14.2. The Balaban J connectivity index is 1.12. The monoisotopic (exact) mass is 695 g/mol. The summed E-state index contributed by atoms with van der Waals surface area (Å²) >= 11 is 0. The topological polar surface area (TPSA) is 3.24 Å². The zero-order chi connectivity index (χ0) is 36.5. The molecule has 0 atom stereocenters. The molecule has 53 heavy (non-hydrogen) atoms. The van der Waals surface area contributed by atoms with Crippen LogP contribution in [-0.2, 0) is 21.7 Å². The molecule has 0 aliphatic heterocycles. The van der Waals surface area contributed by atoms with Gasteiger partial charge in [0.25, 0.3) is 0 Å². The van der Waals surface area contributed by atoms with Crippen molar-refractivity contribution in [1.29, 1.82) is 0 Å². The number of nitrogens with zero attached hydrogens (tertiary/aromatic N) is 1. The Morgan fingerprint density at radius 3 is 1.72 bits per heavy atom. The first-order valence-corrected chi connectivity index (χ1v) is 20.7. The average Bonchev–Trinajstić information content (AvgIpc) is 3.42. The highest BCUT2D eigenvalue weighted by Gasteiger charge is 2.61. The third-order valence-corrected chi connectivity index (χ3v) is 15.1. The Bertz CT molecular complexity index is 2200. The second-order valence-corrected chi connectivity index (χ2v) is 20.1. The summed E-state index contributed by atoms with van der Waals surface area (Å²) in [4.78, 5) is 2.54. The van der Waals surface area contributed by atoms with Crippen molar-refractivity contribution >= 4 is 17.1 Å². The van der Waals surface area contributed by atoms with Crippen LogP contribution in [0.25, 0.3) is 22.3 Å². The van der Waals surface area contributed by atoms with Crippen LogP contribution in [0.3, 0.4) is 0 Å². The van der Waals surface area contributed by atoms with E-state index in [0.717, 1.165) is 23.7 Å². The molecule has 5 aromatic carbocycles. The predicted molar refractivity (Wildman–Crippen MR) is 224 cm³/mol. The maximum absolute atomic E-state index is 2.64. The van der Waals surface area contributed by atoms with Crippen molar-refractivity contribution in [3.05, 3.63) is 137 Å². The average molecular weight is 696 g/mol. The van der Waals surface area contributed by atoms with Crippen molar-refractivity contribution < 1.29 is 0 Å². The first-order valence-electron chi connectivity index (χ1n) is 20.7. The zero-order valence-corrected chi connectivity index (χ0v) is 33.1. The summed E-state index contributed by atoms with van der Waals surface area (Å²) in [6.45, 7) is 16.7. The summed E-state index contributed by atoms with van der Waals surface area (Å²) in [7, 11) is 0. The van der Waals surface area contributed by atoms with Gasteiger partial charge in [-0.2, -0.15) is 0 Å². The molecule has 6 aliphatic carbocycles. The van der Waals surface area contributed by atoms with Gasteiger partial charge in [-0.15, -0.1) is 0 Å². The van der Waals surface area contributed by atoms with Crippen molar-refractivity contribution in [2.75, 3.05) is 4.90 Å². The summed E-state index contributed by atoms with van der Waals surface area (Å²) in [5, 5.41) is 0. The molecule has 0 N–H and O–H groups in total. The Labute approximate surface area is 318 Å². The maximum Gasteiger partial charge on any atom is 0.0465 e. The number of hydrogen-bond donors (Lipinski definition) is 0. The molecule has 0 unspecified atom stereocenters. The molecule has 11 rings (SSSR count). The van der Waals surface area contributed by atoms with Crippen LogP contribution in [0.15, 0.2) is 109 Å². The number of hydrogen-bond acceptors (Lipinski definition) is 1. The maximum atomic E-state index is 2.64. The molecule has 1 spiro atoms. The fourth-order valence-corrected chi connectivity index (χ4v) is 12.6. The van der Waals surface area contributed by atoms with Gasteiger partial charge in [0.1, 0.15) is 0 Å². The largest absolute Gasteiger partial charge is 0.310 e. The van der Waals surface area contributed by atoms with Crippen LogP contribution in [0, 0.1) is 23.7 Å². The minimum Gasteiger partial charge on any atom is -0.310 e. The van der Waals surface area contributed by atoms with Crippen LogP contribution in [0.4, 0.5) is 17.1 Å². The van der Waals surface area contributed by atoms with E-state index in [2.05, 4.69) is 163 Å². The lowest BCUT2D eigenvalue weighted by molar-refractivity contribution is -0.0399. The molecule has 0 amide bonds. The summed E-state index contributed by atoms with van der Waals surface area (Å²) in [5.74, 6) is 3.37. The van der Waals surface area contributed by atoms with Crippen molar-refractivity contribution in [3.63, 3.8) is 0 Å². The van der Waals surface area contributed by atoms with Gasteiger partial charge in [0.05, 0.1) is 0 Å². The van der Waals surface area contributed by atoms with Crippen LogP contribution < -0.4 is 4.90 Å². The normalized spacial score (nSPS) is 27.0. The minimum atomic E-state index is 0.105. The second-order valence-electron chi connectivity index (χ2n) is 20.1. The van der Waals surface area contributed by atoms with Gasteiger partial charge in [-0.05, 0) is 171 Å². The standard InChI is InChI=1S/C52H57N/c1-49(2,3)36-17-21-40(22-18-36)53(39-19-15-35(16-20-39)42-12-10-14-46-48(42)51(6,7)26-25-50(46,4)5)41-23-24-44-43-11-8-9-13-45(43)52(47(44)32-41)37-28-33-27-34(30-37)31-38(52)29-33/h8-24,32-34,37-38H,25-31H2,1-7H3. The fourth-order valence-electron chi connectivity index (χ4n) is 12.6. The Kier molecular flexibility index (Phi) is 7.23. The summed E-state index contributed by atoms with van der Waals surface area (Å²) in [5.41, 5.74) is 17.7. The van der Waals surface area contributed by atoms with Gasteiger partial charge in [-0.25, -0.2) is 0 Å². The van der Waals surface area contributed by atoms with E-state index in [9.17, 15) is 0 Å². The van der Waals surface area contributed by atoms with E-state index < -0.39 is 0 Å². The third kappa shape index (κ3) is 4.94. The van der Waals surface area contributed by atoms with Crippen molar-refractivity contribution in [2.24, 2.45) is 23.7 Å². The van der Waals surface area contributed by atoms with E-state index in [0.29, 0.717) is 0 Å². The first-order chi connectivity index (χ1) is 25.3.